The molecule has 0 aromatic carbocycles. The van der Waals surface area contributed by atoms with Gasteiger partial charge in [-0.1, -0.05) is 0 Å². The van der Waals surface area contributed by atoms with Crippen molar-refractivity contribution < 1.29 is 9.90 Å². The van der Waals surface area contributed by atoms with E-state index in [1.54, 1.807) is 6.92 Å². The fourth-order valence-corrected chi connectivity index (χ4v) is 0.501. The maximum absolute atomic E-state index is 10.1. The van der Waals surface area contributed by atoms with E-state index in [9.17, 15) is 4.79 Å². The molecule has 0 rings (SSSR count). The number of nitrogens with two attached hydrogens (primary N) is 2. The minimum absolute atomic E-state index is 0.143. The lowest BCUT2D eigenvalue weighted by Crippen LogP contribution is -2.35. The Bertz CT molecular complexity index is 103. The van der Waals surface area contributed by atoms with E-state index in [4.69, 9.17) is 16.6 Å². The summed E-state index contributed by atoms with van der Waals surface area (Å²) in [5.41, 5.74) is 10.4. The predicted octanol–water partition coefficient (Wildman–Crippen LogP) is -0.864. The molecule has 54 valence electrons. The van der Waals surface area contributed by atoms with E-state index in [0.29, 0.717) is 6.42 Å². The minimum atomic E-state index is -0.993. The Balaban J connectivity index is 3.50. The van der Waals surface area contributed by atoms with Crippen molar-refractivity contribution in [3.63, 3.8) is 0 Å². The van der Waals surface area contributed by atoms with Crippen molar-refractivity contribution in [2.24, 2.45) is 11.5 Å². The summed E-state index contributed by atoms with van der Waals surface area (Å²) in [6.45, 7) is 1.72. The van der Waals surface area contributed by atoms with Gasteiger partial charge in [0.15, 0.2) is 0 Å². The van der Waals surface area contributed by atoms with Crippen LogP contribution in [0.3, 0.4) is 0 Å². The van der Waals surface area contributed by atoms with Gasteiger partial charge in [-0.05, 0) is 13.3 Å². The quantitative estimate of drug-likeness (QED) is 0.466. The van der Waals surface area contributed by atoms with Gasteiger partial charge in [0.05, 0.1) is 0 Å². The monoisotopic (exact) mass is 132 g/mol. The summed E-state index contributed by atoms with van der Waals surface area (Å²) in [5.74, 6) is -0.993. The molecule has 0 bridgehead atoms. The molecule has 0 fully saturated rings. The van der Waals surface area contributed by atoms with Crippen LogP contribution in [0.2, 0.25) is 0 Å². The standard InChI is InChI=1S/C5H12N2O2/c1-3(6)2-4(7)5(8)9/h3-4H,2,6-7H2,1H3,(H,8,9)/t3?,4-/m1/s1. The average Bonchev–Trinajstić information content (AvgIpc) is 1.63. The third-order valence-electron chi connectivity index (χ3n) is 0.943. The van der Waals surface area contributed by atoms with Gasteiger partial charge in [-0.3, -0.25) is 4.79 Å². The molecule has 0 saturated carbocycles. The molecular weight excluding hydrogens is 120 g/mol. The molecule has 4 heteroatoms. The number of carbonyl (C=O) groups is 1. The second-order valence-corrected chi connectivity index (χ2v) is 2.16. The molecule has 0 radical (unpaired) electrons. The number of carboxylic acids is 1. The Hall–Kier alpha value is -0.610. The lowest BCUT2D eigenvalue weighted by atomic mass is 10.1. The van der Waals surface area contributed by atoms with Crippen LogP contribution >= 0.6 is 0 Å². The van der Waals surface area contributed by atoms with Crippen LogP contribution < -0.4 is 11.5 Å². The summed E-state index contributed by atoms with van der Waals surface area (Å²) in [5, 5.41) is 8.25. The second kappa shape index (κ2) is 3.42. The van der Waals surface area contributed by atoms with E-state index in [-0.39, 0.29) is 6.04 Å². The SMILES string of the molecule is CC(N)C[C@@H](N)C(=O)O. The molecule has 9 heavy (non-hydrogen) atoms. The lowest BCUT2D eigenvalue weighted by molar-refractivity contribution is -0.138. The summed E-state index contributed by atoms with van der Waals surface area (Å²) in [6.07, 6.45) is 0.329. The van der Waals surface area contributed by atoms with Crippen LogP contribution in [0.4, 0.5) is 0 Å². The topological polar surface area (TPSA) is 89.3 Å². The van der Waals surface area contributed by atoms with Crippen molar-refractivity contribution in [3.8, 4) is 0 Å². The van der Waals surface area contributed by atoms with Crippen LogP contribution in [0, 0.1) is 0 Å². The van der Waals surface area contributed by atoms with Crippen molar-refractivity contribution in [2.45, 2.75) is 25.4 Å². The molecule has 5 N–H and O–H groups in total. The number of aliphatic carboxylic acids is 1. The third kappa shape index (κ3) is 3.93. The van der Waals surface area contributed by atoms with Gasteiger partial charge < -0.3 is 16.6 Å². The van der Waals surface area contributed by atoms with E-state index >= 15 is 0 Å². The Labute approximate surface area is 53.8 Å². The van der Waals surface area contributed by atoms with Gasteiger partial charge in [0.1, 0.15) is 6.04 Å². The molecule has 0 aliphatic rings. The highest BCUT2D eigenvalue weighted by Crippen LogP contribution is 1.90. The first kappa shape index (κ1) is 8.39. The van der Waals surface area contributed by atoms with Crippen molar-refractivity contribution in [1.29, 1.82) is 0 Å². The van der Waals surface area contributed by atoms with E-state index < -0.39 is 12.0 Å². The summed E-state index contributed by atoms with van der Waals surface area (Å²) < 4.78 is 0. The zero-order valence-corrected chi connectivity index (χ0v) is 5.37. The van der Waals surface area contributed by atoms with Gasteiger partial charge in [-0.25, -0.2) is 0 Å². The molecule has 1 unspecified atom stereocenters. The fraction of sp³-hybridized carbons (Fsp3) is 0.800. The van der Waals surface area contributed by atoms with Gasteiger partial charge in [0.2, 0.25) is 0 Å². The first-order chi connectivity index (χ1) is 4.04. The summed E-state index contributed by atoms with van der Waals surface area (Å²) >= 11 is 0. The van der Waals surface area contributed by atoms with Crippen molar-refractivity contribution >= 4 is 5.97 Å². The maximum atomic E-state index is 10.1. The van der Waals surface area contributed by atoms with Gasteiger partial charge in [0.25, 0.3) is 0 Å². The highest BCUT2D eigenvalue weighted by Gasteiger charge is 2.12. The molecule has 0 aliphatic heterocycles. The maximum Gasteiger partial charge on any atom is 0.320 e. The fourth-order valence-electron chi connectivity index (χ4n) is 0.501. The second-order valence-electron chi connectivity index (χ2n) is 2.16. The average molecular weight is 132 g/mol. The first-order valence-electron chi connectivity index (χ1n) is 2.78. The predicted molar refractivity (Wildman–Crippen MR) is 33.9 cm³/mol. The van der Waals surface area contributed by atoms with Crippen LogP contribution in [-0.4, -0.2) is 23.2 Å². The molecule has 0 spiro atoms. The minimum Gasteiger partial charge on any atom is -0.480 e. The highest BCUT2D eigenvalue weighted by molar-refractivity contribution is 5.73. The molecule has 0 aromatic heterocycles. The smallest absolute Gasteiger partial charge is 0.320 e. The van der Waals surface area contributed by atoms with Crippen LogP contribution in [0.25, 0.3) is 0 Å². The summed E-state index contributed by atoms with van der Waals surface area (Å²) in [4.78, 5) is 10.1. The summed E-state index contributed by atoms with van der Waals surface area (Å²) in [7, 11) is 0. The molecule has 4 nitrogen and oxygen atoms in total. The van der Waals surface area contributed by atoms with Crippen LogP contribution in [0.1, 0.15) is 13.3 Å². The van der Waals surface area contributed by atoms with Gasteiger partial charge in [-0.2, -0.15) is 0 Å². The van der Waals surface area contributed by atoms with Gasteiger partial charge >= 0.3 is 5.97 Å². The largest absolute Gasteiger partial charge is 0.480 e. The number of hydrogen-bond acceptors (Lipinski definition) is 3. The zero-order valence-electron chi connectivity index (χ0n) is 5.37. The highest BCUT2D eigenvalue weighted by atomic mass is 16.4. The summed E-state index contributed by atoms with van der Waals surface area (Å²) in [6, 6.07) is -0.957. The Kier molecular flexibility index (Phi) is 3.19. The number of rotatable bonds is 3. The molecule has 2 atom stereocenters. The molecular formula is C5H12N2O2. The van der Waals surface area contributed by atoms with E-state index in [1.807, 2.05) is 0 Å². The Morgan fingerprint density at radius 3 is 2.22 bits per heavy atom. The molecule has 0 saturated heterocycles. The Morgan fingerprint density at radius 2 is 2.11 bits per heavy atom. The molecule has 0 aliphatic carbocycles. The normalized spacial score (nSPS) is 16.8. The van der Waals surface area contributed by atoms with Crippen LogP contribution in [0.5, 0.6) is 0 Å². The molecule has 0 aromatic rings. The third-order valence-corrected chi connectivity index (χ3v) is 0.943. The van der Waals surface area contributed by atoms with Gasteiger partial charge in [0, 0.05) is 6.04 Å². The number of hydrogen-bond donors (Lipinski definition) is 3. The molecule has 0 amide bonds. The van der Waals surface area contributed by atoms with Crippen molar-refractivity contribution in [3.05, 3.63) is 0 Å². The van der Waals surface area contributed by atoms with Crippen LogP contribution in [0.15, 0.2) is 0 Å². The van der Waals surface area contributed by atoms with E-state index in [0.717, 1.165) is 0 Å². The lowest BCUT2D eigenvalue weighted by Gasteiger charge is -2.07. The van der Waals surface area contributed by atoms with Crippen molar-refractivity contribution in [2.75, 3.05) is 0 Å². The zero-order chi connectivity index (χ0) is 7.44. The molecule has 0 heterocycles. The Morgan fingerprint density at radius 1 is 1.67 bits per heavy atom. The van der Waals surface area contributed by atoms with Crippen LogP contribution in [-0.2, 0) is 4.79 Å². The van der Waals surface area contributed by atoms with Gasteiger partial charge in [-0.15, -0.1) is 0 Å². The van der Waals surface area contributed by atoms with E-state index in [2.05, 4.69) is 0 Å². The van der Waals surface area contributed by atoms with E-state index in [1.165, 1.54) is 0 Å². The first-order valence-corrected chi connectivity index (χ1v) is 2.78. The number of carboxylic acid groups (broad SMARTS) is 1. The van der Waals surface area contributed by atoms with Crippen molar-refractivity contribution in [1.82, 2.24) is 0 Å².